The van der Waals surface area contributed by atoms with E-state index in [1.54, 1.807) is 6.07 Å². The molecule has 2 N–H and O–H groups in total. The number of ether oxygens (including phenoxy) is 1. The molecule has 0 aliphatic carbocycles. The smallest absolute Gasteiger partial charge is 0.310 e. The summed E-state index contributed by atoms with van der Waals surface area (Å²) in [5.74, 6) is -3.43. The van der Waals surface area contributed by atoms with Crippen LogP contribution < -0.4 is 5.32 Å². The van der Waals surface area contributed by atoms with Gasteiger partial charge in [0.25, 0.3) is 0 Å². The Balaban J connectivity index is 1.78. The molecule has 2 aliphatic rings. The lowest BCUT2D eigenvalue weighted by atomic mass is 9.78. The molecule has 0 radical (unpaired) electrons. The first-order chi connectivity index (χ1) is 9.56. The van der Waals surface area contributed by atoms with Crippen LogP contribution >= 0.6 is 0 Å². The van der Waals surface area contributed by atoms with Gasteiger partial charge in [-0.15, -0.1) is 0 Å². The summed E-state index contributed by atoms with van der Waals surface area (Å²) in [6.07, 6.45) is 0.622. The van der Waals surface area contributed by atoms with Crippen LogP contribution in [0.4, 0.5) is 10.1 Å². The molecule has 4 atom stereocenters. The summed E-state index contributed by atoms with van der Waals surface area (Å²) in [7, 11) is 0. The predicted molar refractivity (Wildman–Crippen MR) is 67.5 cm³/mol. The molecule has 0 unspecified atom stereocenters. The van der Waals surface area contributed by atoms with Gasteiger partial charge < -0.3 is 15.2 Å². The molecule has 2 fully saturated rings. The molecule has 1 aromatic carbocycles. The Hall–Kier alpha value is -1.95. The zero-order valence-electron chi connectivity index (χ0n) is 10.6. The van der Waals surface area contributed by atoms with Crippen LogP contribution in [0.25, 0.3) is 0 Å². The topological polar surface area (TPSA) is 75.6 Å². The van der Waals surface area contributed by atoms with E-state index in [0.717, 1.165) is 0 Å². The highest BCUT2D eigenvalue weighted by Gasteiger charge is 2.55. The van der Waals surface area contributed by atoms with Gasteiger partial charge in [0.1, 0.15) is 5.82 Å². The van der Waals surface area contributed by atoms with Crippen molar-refractivity contribution in [2.45, 2.75) is 25.0 Å². The zero-order chi connectivity index (χ0) is 14.3. The molecule has 3 rings (SSSR count). The van der Waals surface area contributed by atoms with Crippen molar-refractivity contribution in [2.75, 3.05) is 5.32 Å². The van der Waals surface area contributed by atoms with Gasteiger partial charge >= 0.3 is 5.97 Å². The number of aliphatic carboxylic acids is 1. The predicted octanol–water partition coefficient (Wildman–Crippen LogP) is 1.64. The SMILES string of the molecule is O=C(O)[C@H]1[C@H](C(=O)Nc2cccc(F)c2)[C@H]2CC[C@H]1O2. The van der Waals surface area contributed by atoms with Crippen LogP contribution in [-0.4, -0.2) is 29.2 Å². The molecule has 2 aliphatic heterocycles. The molecule has 2 heterocycles. The molecule has 0 spiro atoms. The first kappa shape index (κ1) is 13.1. The minimum absolute atomic E-state index is 0.321. The van der Waals surface area contributed by atoms with E-state index in [4.69, 9.17) is 4.74 Å². The van der Waals surface area contributed by atoms with Crippen LogP contribution in [0.1, 0.15) is 12.8 Å². The standard InChI is InChI=1S/C14H14FNO4/c15-7-2-1-3-8(6-7)16-13(17)11-9-4-5-10(20-9)12(11)14(18)19/h1-3,6,9-12H,4-5H2,(H,16,17)(H,18,19)/t9-,10-,11-,12-/m1/s1. The van der Waals surface area contributed by atoms with Crippen LogP contribution in [0.3, 0.4) is 0 Å². The molecule has 5 nitrogen and oxygen atoms in total. The van der Waals surface area contributed by atoms with Crippen molar-refractivity contribution in [2.24, 2.45) is 11.8 Å². The molecule has 0 saturated carbocycles. The van der Waals surface area contributed by atoms with Gasteiger partial charge in [-0.1, -0.05) is 6.07 Å². The third-order valence-corrected chi connectivity index (χ3v) is 3.95. The highest BCUT2D eigenvalue weighted by molar-refractivity contribution is 5.96. The van der Waals surface area contributed by atoms with Gasteiger partial charge in [0.05, 0.1) is 24.0 Å². The van der Waals surface area contributed by atoms with Gasteiger partial charge in [-0.25, -0.2) is 4.39 Å². The maximum atomic E-state index is 13.1. The largest absolute Gasteiger partial charge is 0.481 e. The van der Waals surface area contributed by atoms with E-state index in [-0.39, 0.29) is 12.2 Å². The average Bonchev–Trinajstić information content (AvgIpc) is 2.98. The fraction of sp³-hybridized carbons (Fsp3) is 0.429. The van der Waals surface area contributed by atoms with Gasteiger partial charge in [-0.3, -0.25) is 9.59 Å². The van der Waals surface area contributed by atoms with Gasteiger partial charge in [0.2, 0.25) is 5.91 Å². The van der Waals surface area contributed by atoms with Gasteiger partial charge in [0.15, 0.2) is 0 Å². The van der Waals surface area contributed by atoms with E-state index in [9.17, 15) is 19.1 Å². The summed E-state index contributed by atoms with van der Waals surface area (Å²) in [5.41, 5.74) is 0.321. The van der Waals surface area contributed by atoms with Crippen LogP contribution in [0.5, 0.6) is 0 Å². The summed E-state index contributed by atoms with van der Waals surface area (Å²) < 4.78 is 18.6. The van der Waals surface area contributed by atoms with Crippen molar-refractivity contribution >= 4 is 17.6 Å². The number of anilines is 1. The zero-order valence-corrected chi connectivity index (χ0v) is 10.6. The molecule has 2 bridgehead atoms. The number of carboxylic acid groups (broad SMARTS) is 1. The highest BCUT2D eigenvalue weighted by atomic mass is 19.1. The van der Waals surface area contributed by atoms with Crippen LogP contribution in [0.15, 0.2) is 24.3 Å². The monoisotopic (exact) mass is 279 g/mol. The van der Waals surface area contributed by atoms with Gasteiger partial charge in [0, 0.05) is 5.69 Å². The lowest BCUT2D eigenvalue weighted by Gasteiger charge is -2.23. The second kappa shape index (κ2) is 4.86. The Morgan fingerprint density at radius 2 is 1.95 bits per heavy atom. The maximum Gasteiger partial charge on any atom is 0.310 e. The Morgan fingerprint density at radius 3 is 2.60 bits per heavy atom. The fourth-order valence-corrected chi connectivity index (χ4v) is 3.12. The summed E-state index contributed by atoms with van der Waals surface area (Å²) in [6, 6.07) is 5.51. The van der Waals surface area contributed by atoms with Gasteiger partial charge in [-0.2, -0.15) is 0 Å². The van der Waals surface area contributed by atoms with Crippen molar-refractivity contribution in [3.63, 3.8) is 0 Å². The van der Waals surface area contributed by atoms with Crippen LogP contribution in [-0.2, 0) is 14.3 Å². The number of carbonyl (C=O) groups excluding carboxylic acids is 1. The average molecular weight is 279 g/mol. The number of carbonyl (C=O) groups is 2. The molecule has 1 amide bonds. The number of fused-ring (bicyclic) bond motifs is 2. The van der Waals surface area contributed by atoms with E-state index in [0.29, 0.717) is 18.5 Å². The number of halogens is 1. The molecular formula is C14H14FNO4. The van der Waals surface area contributed by atoms with E-state index in [2.05, 4.69) is 5.32 Å². The van der Waals surface area contributed by atoms with Crippen molar-refractivity contribution in [1.82, 2.24) is 0 Å². The number of benzene rings is 1. The third-order valence-electron chi connectivity index (χ3n) is 3.95. The highest BCUT2D eigenvalue weighted by Crippen LogP contribution is 2.44. The second-order valence-corrected chi connectivity index (χ2v) is 5.18. The number of hydrogen-bond acceptors (Lipinski definition) is 3. The Labute approximate surface area is 114 Å². The maximum absolute atomic E-state index is 13.1. The van der Waals surface area contributed by atoms with Crippen LogP contribution in [0, 0.1) is 17.7 Å². The number of rotatable bonds is 3. The lowest BCUT2D eigenvalue weighted by molar-refractivity contribution is -0.147. The molecule has 2 saturated heterocycles. The summed E-state index contributed by atoms with van der Waals surface area (Å²) in [6.45, 7) is 0. The molecule has 6 heteroatoms. The van der Waals surface area contributed by atoms with E-state index >= 15 is 0 Å². The van der Waals surface area contributed by atoms with Crippen molar-refractivity contribution in [3.05, 3.63) is 30.1 Å². The van der Waals surface area contributed by atoms with Crippen molar-refractivity contribution in [1.29, 1.82) is 0 Å². The minimum atomic E-state index is -1.02. The summed E-state index contributed by atoms with van der Waals surface area (Å²) in [4.78, 5) is 23.5. The molecule has 1 aromatic rings. The molecular weight excluding hydrogens is 265 g/mol. The Morgan fingerprint density at radius 1 is 1.25 bits per heavy atom. The Bertz CT molecular complexity index is 562. The second-order valence-electron chi connectivity index (χ2n) is 5.18. The number of nitrogens with one attached hydrogen (secondary N) is 1. The quantitative estimate of drug-likeness (QED) is 0.882. The lowest BCUT2D eigenvalue weighted by Crippen LogP contribution is -2.40. The first-order valence-corrected chi connectivity index (χ1v) is 6.51. The fourth-order valence-electron chi connectivity index (χ4n) is 3.12. The van der Waals surface area contributed by atoms with E-state index < -0.39 is 29.5 Å². The summed E-state index contributed by atoms with van der Waals surface area (Å²) in [5, 5.41) is 11.8. The Kier molecular flexibility index (Phi) is 3.17. The number of hydrogen-bond donors (Lipinski definition) is 2. The van der Waals surface area contributed by atoms with Crippen molar-refractivity contribution < 1.29 is 23.8 Å². The molecule has 106 valence electrons. The van der Waals surface area contributed by atoms with E-state index in [1.807, 2.05) is 0 Å². The van der Waals surface area contributed by atoms with Gasteiger partial charge in [-0.05, 0) is 31.0 Å². The normalized spacial score (nSPS) is 31.2. The van der Waals surface area contributed by atoms with E-state index in [1.165, 1.54) is 18.2 Å². The molecule has 0 aromatic heterocycles. The third kappa shape index (κ3) is 2.16. The van der Waals surface area contributed by atoms with Crippen molar-refractivity contribution in [3.8, 4) is 0 Å². The van der Waals surface area contributed by atoms with Crippen LogP contribution in [0.2, 0.25) is 0 Å². The first-order valence-electron chi connectivity index (χ1n) is 6.51. The number of carboxylic acids is 1. The minimum Gasteiger partial charge on any atom is -0.481 e. The molecule has 20 heavy (non-hydrogen) atoms. The summed E-state index contributed by atoms with van der Waals surface area (Å²) >= 11 is 0. The number of amides is 1.